The van der Waals surface area contributed by atoms with Gasteiger partial charge in [0.1, 0.15) is 0 Å². The minimum Gasteiger partial charge on any atom is -0.353 e. The molecule has 2 saturated heterocycles. The summed E-state index contributed by atoms with van der Waals surface area (Å²) in [4.78, 5) is 32.5. The van der Waals surface area contributed by atoms with E-state index in [9.17, 15) is 22.8 Å². The molecule has 32 heavy (non-hydrogen) atoms. The summed E-state index contributed by atoms with van der Waals surface area (Å²) in [7, 11) is 0. The second kappa shape index (κ2) is 9.58. The number of likely N-dealkylation sites (tertiary alicyclic amines) is 1. The lowest BCUT2D eigenvalue weighted by molar-refractivity contribution is -0.137. The van der Waals surface area contributed by atoms with Crippen molar-refractivity contribution in [1.29, 1.82) is 0 Å². The molecule has 10 heteroatoms. The summed E-state index contributed by atoms with van der Waals surface area (Å²) in [5.41, 5.74) is 0.666. The molecule has 0 aliphatic carbocycles. The number of alkyl halides is 3. The highest BCUT2D eigenvalue weighted by Gasteiger charge is 2.30. The van der Waals surface area contributed by atoms with Crippen LogP contribution in [-0.2, 0) is 28.7 Å². The van der Waals surface area contributed by atoms with Gasteiger partial charge in [0.05, 0.1) is 17.7 Å². The van der Waals surface area contributed by atoms with Gasteiger partial charge in [-0.2, -0.15) is 13.2 Å². The second-order valence-electron chi connectivity index (χ2n) is 8.26. The molecule has 0 spiro atoms. The van der Waals surface area contributed by atoms with Crippen molar-refractivity contribution >= 4 is 28.3 Å². The number of rotatable bonds is 6. The first kappa shape index (κ1) is 22.7. The molecule has 3 heterocycles. The molecular weight excluding hydrogens is 441 g/mol. The third-order valence-electron chi connectivity index (χ3n) is 5.80. The summed E-state index contributed by atoms with van der Waals surface area (Å²) in [6.07, 6.45) is -1.30. The number of halogens is 3. The fourth-order valence-corrected chi connectivity index (χ4v) is 5.00. The van der Waals surface area contributed by atoms with E-state index in [4.69, 9.17) is 0 Å². The van der Waals surface area contributed by atoms with Crippen LogP contribution in [0.15, 0.2) is 29.6 Å². The van der Waals surface area contributed by atoms with Gasteiger partial charge in [0.15, 0.2) is 5.13 Å². The second-order valence-corrected chi connectivity index (χ2v) is 9.10. The Balaban J connectivity index is 1.22. The van der Waals surface area contributed by atoms with Crippen molar-refractivity contribution in [2.24, 2.45) is 0 Å². The number of nitrogens with zero attached hydrogens (tertiary/aromatic N) is 3. The Morgan fingerprint density at radius 1 is 1.22 bits per heavy atom. The van der Waals surface area contributed by atoms with Gasteiger partial charge < -0.3 is 5.32 Å². The highest BCUT2D eigenvalue weighted by molar-refractivity contribution is 7.14. The molecule has 1 N–H and O–H groups in total. The molecule has 2 aliphatic rings. The number of thiazole rings is 1. The van der Waals surface area contributed by atoms with E-state index in [1.54, 1.807) is 11.0 Å². The van der Waals surface area contributed by atoms with Crippen molar-refractivity contribution < 1.29 is 22.8 Å². The van der Waals surface area contributed by atoms with E-state index in [0.717, 1.165) is 25.3 Å². The number of hydrogen-bond acceptors (Lipinski definition) is 5. The number of amides is 2. The maximum atomic E-state index is 12.9. The Hall–Kier alpha value is -2.46. The molecule has 172 valence electrons. The Morgan fingerprint density at radius 2 is 2.00 bits per heavy atom. The van der Waals surface area contributed by atoms with Crippen molar-refractivity contribution in [3.63, 3.8) is 0 Å². The maximum absolute atomic E-state index is 12.9. The number of carbonyl (C=O) groups excluding carboxylic acids is 2. The Bertz CT molecular complexity index is 970. The van der Waals surface area contributed by atoms with E-state index in [1.807, 2.05) is 5.38 Å². The molecule has 0 atom stereocenters. The average Bonchev–Trinajstić information content (AvgIpc) is 3.37. The topological polar surface area (TPSA) is 65.5 Å². The van der Waals surface area contributed by atoms with Crippen LogP contribution in [0.1, 0.15) is 42.5 Å². The minimum absolute atomic E-state index is 0.0403. The van der Waals surface area contributed by atoms with E-state index in [1.165, 1.54) is 23.5 Å². The molecule has 0 radical (unpaired) electrons. The number of anilines is 1. The number of aromatic nitrogens is 1. The maximum Gasteiger partial charge on any atom is 0.416 e. The monoisotopic (exact) mass is 466 g/mol. The van der Waals surface area contributed by atoms with E-state index in [2.05, 4.69) is 15.2 Å². The zero-order valence-corrected chi connectivity index (χ0v) is 18.3. The van der Waals surface area contributed by atoms with Crippen LogP contribution < -0.4 is 10.2 Å². The van der Waals surface area contributed by atoms with Crippen LogP contribution in [0.3, 0.4) is 0 Å². The van der Waals surface area contributed by atoms with E-state index < -0.39 is 11.7 Å². The van der Waals surface area contributed by atoms with Gasteiger partial charge in [0.25, 0.3) is 0 Å². The number of benzene rings is 1. The SMILES string of the molecule is O=C(Cc1csc(N2CCCC2=O)n1)NC1CCN(Cc2cccc(C(F)(F)F)c2)CC1. The van der Waals surface area contributed by atoms with Crippen LogP contribution in [0.2, 0.25) is 0 Å². The molecule has 0 unspecified atom stereocenters. The number of hydrogen-bond donors (Lipinski definition) is 1. The lowest BCUT2D eigenvalue weighted by Crippen LogP contribution is -2.44. The molecule has 4 rings (SSSR count). The molecule has 0 bridgehead atoms. The van der Waals surface area contributed by atoms with Gasteiger partial charge in [-0.15, -0.1) is 11.3 Å². The van der Waals surface area contributed by atoms with Crippen molar-refractivity contribution in [2.75, 3.05) is 24.5 Å². The third-order valence-corrected chi connectivity index (χ3v) is 6.71. The zero-order chi connectivity index (χ0) is 22.7. The smallest absolute Gasteiger partial charge is 0.353 e. The summed E-state index contributed by atoms with van der Waals surface area (Å²) in [6.45, 7) is 2.55. The van der Waals surface area contributed by atoms with Crippen molar-refractivity contribution in [2.45, 2.75) is 50.9 Å². The standard InChI is InChI=1S/C22H25F3N4O2S/c23-22(24,25)16-4-1-3-15(11-16)13-28-9-6-17(7-10-28)26-19(30)12-18-14-32-21(27-18)29-8-2-5-20(29)31/h1,3-4,11,14,17H,2,5-10,12-13H2,(H,26,30). The molecule has 0 saturated carbocycles. The predicted molar refractivity (Wildman–Crippen MR) is 115 cm³/mol. The summed E-state index contributed by atoms with van der Waals surface area (Å²) < 4.78 is 38.7. The number of piperidine rings is 1. The molecule has 2 fully saturated rings. The van der Waals surface area contributed by atoms with Crippen LogP contribution in [0, 0.1) is 0 Å². The molecule has 2 aromatic rings. The normalized spacial score (nSPS) is 18.3. The lowest BCUT2D eigenvalue weighted by atomic mass is 10.0. The molecule has 2 amide bonds. The quantitative estimate of drug-likeness (QED) is 0.707. The van der Waals surface area contributed by atoms with E-state index in [-0.39, 0.29) is 24.3 Å². The fourth-order valence-electron chi connectivity index (χ4n) is 4.13. The summed E-state index contributed by atoms with van der Waals surface area (Å²) in [5, 5.41) is 5.51. The van der Waals surface area contributed by atoms with Crippen LogP contribution in [-0.4, -0.2) is 47.4 Å². The van der Waals surface area contributed by atoms with Gasteiger partial charge in [-0.25, -0.2) is 4.98 Å². The van der Waals surface area contributed by atoms with Gasteiger partial charge >= 0.3 is 6.18 Å². The van der Waals surface area contributed by atoms with Crippen molar-refractivity contribution in [3.05, 3.63) is 46.5 Å². The first-order chi connectivity index (χ1) is 15.3. The van der Waals surface area contributed by atoms with E-state index >= 15 is 0 Å². The van der Waals surface area contributed by atoms with Crippen LogP contribution in [0.4, 0.5) is 18.3 Å². The van der Waals surface area contributed by atoms with E-state index in [0.29, 0.717) is 49.0 Å². The minimum atomic E-state index is -4.34. The van der Waals surface area contributed by atoms with Gasteiger partial charge in [0.2, 0.25) is 11.8 Å². The Morgan fingerprint density at radius 3 is 2.69 bits per heavy atom. The zero-order valence-electron chi connectivity index (χ0n) is 17.5. The first-order valence-corrected chi connectivity index (χ1v) is 11.6. The van der Waals surface area contributed by atoms with Crippen LogP contribution in [0.25, 0.3) is 0 Å². The van der Waals surface area contributed by atoms with Crippen LogP contribution in [0.5, 0.6) is 0 Å². The molecule has 6 nitrogen and oxygen atoms in total. The largest absolute Gasteiger partial charge is 0.416 e. The summed E-state index contributed by atoms with van der Waals surface area (Å²) in [6, 6.07) is 5.47. The van der Waals surface area contributed by atoms with Gasteiger partial charge in [0, 0.05) is 44.0 Å². The number of nitrogens with one attached hydrogen (secondary N) is 1. The van der Waals surface area contributed by atoms with Crippen LogP contribution >= 0.6 is 11.3 Å². The average molecular weight is 467 g/mol. The highest BCUT2D eigenvalue weighted by Crippen LogP contribution is 2.30. The Kier molecular flexibility index (Phi) is 6.80. The molecule has 1 aromatic heterocycles. The highest BCUT2D eigenvalue weighted by atomic mass is 32.1. The molecule has 2 aliphatic heterocycles. The van der Waals surface area contributed by atoms with Gasteiger partial charge in [-0.3, -0.25) is 19.4 Å². The lowest BCUT2D eigenvalue weighted by Gasteiger charge is -2.32. The molecular formula is C22H25F3N4O2S. The number of carbonyl (C=O) groups is 2. The fraction of sp³-hybridized carbons (Fsp3) is 0.500. The van der Waals surface area contributed by atoms with Gasteiger partial charge in [-0.05, 0) is 30.9 Å². The summed E-state index contributed by atoms with van der Waals surface area (Å²) >= 11 is 1.38. The predicted octanol–water partition coefficient (Wildman–Crippen LogP) is 3.61. The van der Waals surface area contributed by atoms with Crippen molar-refractivity contribution in [3.8, 4) is 0 Å². The Labute approximate surface area is 188 Å². The van der Waals surface area contributed by atoms with Crippen molar-refractivity contribution in [1.82, 2.24) is 15.2 Å². The van der Waals surface area contributed by atoms with Gasteiger partial charge in [-0.1, -0.05) is 18.2 Å². The first-order valence-electron chi connectivity index (χ1n) is 10.7. The summed E-state index contributed by atoms with van der Waals surface area (Å²) in [5.74, 6) is -0.0295. The molecule has 1 aromatic carbocycles. The third kappa shape index (κ3) is 5.66.